The number of carbonyl (C=O) groups excluding carboxylic acids is 1. The fraction of sp³-hybridized carbons (Fsp3) is 0.333. The molecule has 1 atom stereocenters. The van der Waals surface area contributed by atoms with Crippen LogP contribution in [0.3, 0.4) is 0 Å². The molecule has 0 N–H and O–H groups in total. The first-order valence-corrected chi connectivity index (χ1v) is 8.48. The molecule has 4 rings (SSSR count). The Bertz CT molecular complexity index is 869. The van der Waals surface area contributed by atoms with Crippen LogP contribution in [0, 0.1) is 6.92 Å². The number of amides is 1. The Morgan fingerprint density at radius 1 is 1.28 bits per heavy atom. The molecule has 0 spiro atoms. The second-order valence-electron chi connectivity index (χ2n) is 6.38. The predicted molar refractivity (Wildman–Crippen MR) is 92.4 cm³/mol. The molecule has 0 unspecified atom stereocenters. The largest absolute Gasteiger partial charge is 0.332 e. The molecule has 7 heteroatoms. The number of rotatable bonds is 4. The van der Waals surface area contributed by atoms with E-state index in [0.717, 1.165) is 30.6 Å². The lowest BCUT2D eigenvalue weighted by atomic mass is 10.2. The van der Waals surface area contributed by atoms with Crippen LogP contribution >= 0.6 is 0 Å². The van der Waals surface area contributed by atoms with Crippen LogP contribution in [0.1, 0.15) is 28.9 Å². The van der Waals surface area contributed by atoms with E-state index in [1.54, 1.807) is 12.4 Å². The van der Waals surface area contributed by atoms with Crippen molar-refractivity contribution in [2.24, 2.45) is 0 Å². The van der Waals surface area contributed by atoms with Gasteiger partial charge in [0, 0.05) is 18.9 Å². The Kier molecular flexibility index (Phi) is 4.05. The molecule has 1 aliphatic rings. The van der Waals surface area contributed by atoms with Crippen molar-refractivity contribution >= 4 is 5.91 Å². The Morgan fingerprint density at radius 2 is 2.20 bits per heavy atom. The number of likely N-dealkylation sites (tertiary alicyclic amines) is 1. The lowest BCUT2D eigenvalue weighted by molar-refractivity contribution is 0.0715. The van der Waals surface area contributed by atoms with Gasteiger partial charge in [0.1, 0.15) is 0 Å². The number of nitrogens with zero attached hydrogens (tertiary/aromatic N) is 6. The van der Waals surface area contributed by atoms with E-state index in [-0.39, 0.29) is 11.9 Å². The normalized spacial score (nSPS) is 17.2. The van der Waals surface area contributed by atoms with Crippen LogP contribution in [0.15, 0.2) is 48.9 Å². The second-order valence-corrected chi connectivity index (χ2v) is 6.38. The first-order chi connectivity index (χ1) is 12.2. The van der Waals surface area contributed by atoms with E-state index in [1.165, 1.54) is 4.80 Å². The first kappa shape index (κ1) is 15.6. The molecule has 0 bridgehead atoms. The SMILES string of the molecule is Cc1cccc(-n2ncc(C(=O)N3CCC[C@@H]3Cn3cccn3)n2)c1. The Hall–Kier alpha value is -2.96. The first-order valence-electron chi connectivity index (χ1n) is 8.48. The smallest absolute Gasteiger partial charge is 0.276 e. The molecule has 3 aromatic rings. The van der Waals surface area contributed by atoms with Gasteiger partial charge in [0.15, 0.2) is 5.69 Å². The van der Waals surface area contributed by atoms with E-state index in [9.17, 15) is 4.79 Å². The van der Waals surface area contributed by atoms with Gasteiger partial charge in [-0.25, -0.2) is 0 Å². The van der Waals surface area contributed by atoms with Gasteiger partial charge >= 0.3 is 0 Å². The van der Waals surface area contributed by atoms with Crippen molar-refractivity contribution in [3.8, 4) is 5.69 Å². The molecule has 0 saturated carbocycles. The number of benzene rings is 1. The minimum Gasteiger partial charge on any atom is -0.332 e. The third kappa shape index (κ3) is 3.17. The van der Waals surface area contributed by atoms with Crippen LogP contribution in [0.2, 0.25) is 0 Å². The maximum atomic E-state index is 12.9. The van der Waals surface area contributed by atoms with Gasteiger partial charge in [-0.15, -0.1) is 5.10 Å². The highest BCUT2D eigenvalue weighted by molar-refractivity contribution is 5.92. The van der Waals surface area contributed by atoms with Gasteiger partial charge in [-0.1, -0.05) is 12.1 Å². The summed E-state index contributed by atoms with van der Waals surface area (Å²) in [6, 6.07) is 9.94. The number of hydrogen-bond acceptors (Lipinski definition) is 4. The predicted octanol–water partition coefficient (Wildman–Crippen LogP) is 2.08. The van der Waals surface area contributed by atoms with Gasteiger partial charge in [-0.3, -0.25) is 9.48 Å². The summed E-state index contributed by atoms with van der Waals surface area (Å²) in [6.45, 7) is 3.48. The lowest BCUT2D eigenvalue weighted by Crippen LogP contribution is -2.38. The van der Waals surface area contributed by atoms with Crippen molar-refractivity contribution in [1.82, 2.24) is 29.7 Å². The van der Waals surface area contributed by atoms with Gasteiger partial charge < -0.3 is 4.90 Å². The van der Waals surface area contributed by atoms with Crippen LogP contribution in [-0.2, 0) is 6.54 Å². The third-order valence-corrected chi connectivity index (χ3v) is 4.54. The minimum absolute atomic E-state index is 0.0615. The van der Waals surface area contributed by atoms with E-state index < -0.39 is 0 Å². The molecule has 2 aromatic heterocycles. The standard InChI is InChI=1S/C18H20N6O/c1-14-5-2-6-15(11-14)24-20-12-17(21-24)18(25)23-10-3-7-16(23)13-22-9-4-8-19-22/h2,4-6,8-9,11-12,16H,3,7,10,13H2,1H3/t16-/m1/s1. The monoisotopic (exact) mass is 336 g/mol. The summed E-state index contributed by atoms with van der Waals surface area (Å²) < 4.78 is 1.87. The van der Waals surface area contributed by atoms with Crippen LogP contribution in [0.4, 0.5) is 0 Å². The van der Waals surface area contributed by atoms with Gasteiger partial charge in [0.25, 0.3) is 5.91 Å². The number of aryl methyl sites for hydroxylation is 1. The Labute approximate surface area is 145 Å². The zero-order chi connectivity index (χ0) is 17.2. The molecule has 128 valence electrons. The summed E-state index contributed by atoms with van der Waals surface area (Å²) >= 11 is 0. The number of hydrogen-bond donors (Lipinski definition) is 0. The molecule has 1 fully saturated rings. The average molecular weight is 336 g/mol. The van der Waals surface area contributed by atoms with Crippen molar-refractivity contribution < 1.29 is 4.79 Å². The van der Waals surface area contributed by atoms with Gasteiger partial charge in [0.05, 0.1) is 24.5 Å². The van der Waals surface area contributed by atoms with Crippen LogP contribution in [0.5, 0.6) is 0 Å². The minimum atomic E-state index is -0.0615. The zero-order valence-electron chi connectivity index (χ0n) is 14.1. The average Bonchev–Trinajstić information content (AvgIpc) is 3.36. The summed E-state index contributed by atoms with van der Waals surface area (Å²) in [4.78, 5) is 16.3. The molecule has 1 saturated heterocycles. The van der Waals surface area contributed by atoms with E-state index in [1.807, 2.05) is 53.0 Å². The summed E-state index contributed by atoms with van der Waals surface area (Å²) in [7, 11) is 0. The molecule has 1 aliphatic heterocycles. The molecule has 0 radical (unpaired) electrons. The lowest BCUT2D eigenvalue weighted by Gasteiger charge is -2.23. The quantitative estimate of drug-likeness (QED) is 0.731. The van der Waals surface area contributed by atoms with Crippen LogP contribution in [-0.4, -0.2) is 48.2 Å². The van der Waals surface area contributed by atoms with Crippen LogP contribution in [0.25, 0.3) is 5.69 Å². The van der Waals surface area contributed by atoms with Crippen molar-refractivity contribution in [3.05, 3.63) is 60.2 Å². The van der Waals surface area contributed by atoms with E-state index >= 15 is 0 Å². The molecule has 7 nitrogen and oxygen atoms in total. The highest BCUT2D eigenvalue weighted by atomic mass is 16.2. The molecule has 3 heterocycles. The van der Waals surface area contributed by atoms with E-state index in [2.05, 4.69) is 15.3 Å². The summed E-state index contributed by atoms with van der Waals surface area (Å²) in [5.41, 5.74) is 2.36. The van der Waals surface area contributed by atoms with E-state index in [4.69, 9.17) is 0 Å². The zero-order valence-corrected chi connectivity index (χ0v) is 14.1. The molecular formula is C18H20N6O. The van der Waals surface area contributed by atoms with Crippen molar-refractivity contribution in [3.63, 3.8) is 0 Å². The number of aromatic nitrogens is 5. The van der Waals surface area contributed by atoms with Crippen LogP contribution < -0.4 is 0 Å². The fourth-order valence-corrected chi connectivity index (χ4v) is 3.30. The third-order valence-electron chi connectivity index (χ3n) is 4.54. The highest BCUT2D eigenvalue weighted by Gasteiger charge is 2.31. The summed E-state index contributed by atoms with van der Waals surface area (Å²) in [5, 5.41) is 12.9. The van der Waals surface area contributed by atoms with Crippen molar-refractivity contribution in [2.45, 2.75) is 32.4 Å². The molecule has 0 aliphatic carbocycles. The van der Waals surface area contributed by atoms with Gasteiger partial charge in [-0.05, 0) is 43.5 Å². The fourth-order valence-electron chi connectivity index (χ4n) is 3.30. The van der Waals surface area contributed by atoms with E-state index in [0.29, 0.717) is 12.2 Å². The molecule has 25 heavy (non-hydrogen) atoms. The van der Waals surface area contributed by atoms with Gasteiger partial charge in [0.2, 0.25) is 0 Å². The summed E-state index contributed by atoms with van der Waals surface area (Å²) in [6.07, 6.45) is 7.22. The maximum absolute atomic E-state index is 12.9. The Morgan fingerprint density at radius 3 is 3.00 bits per heavy atom. The van der Waals surface area contributed by atoms with Crippen molar-refractivity contribution in [1.29, 1.82) is 0 Å². The summed E-state index contributed by atoms with van der Waals surface area (Å²) in [5.74, 6) is -0.0615. The molecule has 1 amide bonds. The molecule has 1 aromatic carbocycles. The van der Waals surface area contributed by atoms with Gasteiger partial charge in [-0.2, -0.15) is 15.0 Å². The maximum Gasteiger partial charge on any atom is 0.276 e. The van der Waals surface area contributed by atoms with Crippen molar-refractivity contribution in [2.75, 3.05) is 6.54 Å². The Balaban J connectivity index is 1.52. The molecular weight excluding hydrogens is 316 g/mol. The highest BCUT2D eigenvalue weighted by Crippen LogP contribution is 2.21. The topological polar surface area (TPSA) is 68.8 Å². The number of carbonyl (C=O) groups is 1. The second kappa shape index (κ2) is 6.51.